The van der Waals surface area contributed by atoms with Crippen LogP contribution in [0.4, 0.5) is 13.6 Å². The molecule has 0 aliphatic heterocycles. The van der Waals surface area contributed by atoms with Gasteiger partial charge in [-0.25, -0.2) is 13.6 Å². The number of fused-ring (bicyclic) bond motifs is 1. The van der Waals surface area contributed by atoms with Crippen LogP contribution < -0.4 is 10.1 Å². The lowest BCUT2D eigenvalue weighted by Gasteiger charge is -2.08. The number of amides is 1. The van der Waals surface area contributed by atoms with E-state index in [0.717, 1.165) is 28.5 Å². The van der Waals surface area contributed by atoms with Gasteiger partial charge in [0.05, 0.1) is 5.52 Å². The Hall–Kier alpha value is -3.87. The summed E-state index contributed by atoms with van der Waals surface area (Å²) in [7, 11) is 0. The van der Waals surface area contributed by atoms with Crippen molar-refractivity contribution < 1.29 is 23.4 Å². The van der Waals surface area contributed by atoms with E-state index in [2.05, 4.69) is 10.3 Å². The summed E-state index contributed by atoms with van der Waals surface area (Å²) in [5.74, 6) is -0.750. The molecular weight excluding hydrogens is 402 g/mol. The van der Waals surface area contributed by atoms with Gasteiger partial charge in [-0.1, -0.05) is 24.3 Å². The number of aryl methyl sites for hydroxylation is 1. The van der Waals surface area contributed by atoms with Crippen molar-refractivity contribution in [1.82, 2.24) is 10.3 Å². The zero-order valence-corrected chi connectivity index (χ0v) is 16.7. The second-order valence-corrected chi connectivity index (χ2v) is 7.18. The van der Waals surface area contributed by atoms with Gasteiger partial charge in [-0.15, -0.1) is 0 Å². The smallest absolute Gasteiger partial charge is 0.412 e. The molecule has 0 fully saturated rings. The summed E-state index contributed by atoms with van der Waals surface area (Å²) in [6, 6.07) is 15.9. The maximum atomic E-state index is 13.9. The summed E-state index contributed by atoms with van der Waals surface area (Å²) < 4.78 is 32.8. The average Bonchev–Trinajstić information content (AvgIpc) is 3.04. The summed E-state index contributed by atoms with van der Waals surface area (Å²) in [4.78, 5) is 15.0. The van der Waals surface area contributed by atoms with Crippen LogP contribution in [0.2, 0.25) is 0 Å². The molecule has 1 heterocycles. The van der Waals surface area contributed by atoms with E-state index >= 15 is 0 Å². The third-order valence-corrected chi connectivity index (χ3v) is 5.03. The first-order valence-electron chi connectivity index (χ1n) is 9.72. The number of phenolic OH excluding ortho intramolecular Hbond substituents is 1. The van der Waals surface area contributed by atoms with Crippen LogP contribution in [-0.2, 0) is 6.42 Å². The van der Waals surface area contributed by atoms with Crippen LogP contribution >= 0.6 is 0 Å². The lowest BCUT2D eigenvalue weighted by atomic mass is 10.1. The summed E-state index contributed by atoms with van der Waals surface area (Å²) in [5, 5.41) is 12.7. The first kappa shape index (κ1) is 20.4. The molecule has 0 aliphatic carbocycles. The van der Waals surface area contributed by atoms with Crippen LogP contribution in [-0.4, -0.2) is 22.7 Å². The van der Waals surface area contributed by atoms with E-state index in [1.807, 2.05) is 6.07 Å². The topological polar surface area (TPSA) is 74.4 Å². The number of phenols is 1. The number of nitrogens with one attached hydrogen (secondary N) is 2. The molecule has 0 aliphatic rings. The molecule has 0 radical (unpaired) electrons. The zero-order chi connectivity index (χ0) is 22.0. The Morgan fingerprint density at radius 1 is 1.06 bits per heavy atom. The quantitative estimate of drug-likeness (QED) is 0.400. The molecular formula is C24H20F2N2O3. The van der Waals surface area contributed by atoms with Crippen LogP contribution in [0.1, 0.15) is 11.3 Å². The highest BCUT2D eigenvalue weighted by Crippen LogP contribution is 2.27. The Labute approximate surface area is 177 Å². The lowest BCUT2D eigenvalue weighted by molar-refractivity contribution is 0.200. The standard InChI is InChI=1S/C24H20F2N2O3/c1-14-20(21-12-17(25)13-22(26)23(21)28-14)9-10-27-24(30)31-19-7-5-15(6-8-19)16-3-2-4-18(29)11-16/h2-8,11-13,28-29H,9-10H2,1H3,(H,27,30). The van der Waals surface area contributed by atoms with Gasteiger partial charge in [-0.05, 0) is 60.4 Å². The zero-order valence-electron chi connectivity index (χ0n) is 16.7. The molecule has 4 aromatic rings. The molecule has 0 unspecified atom stereocenters. The number of halogens is 2. The Bertz CT molecular complexity index is 1250. The van der Waals surface area contributed by atoms with Gasteiger partial charge in [-0.2, -0.15) is 0 Å². The molecule has 5 nitrogen and oxygen atoms in total. The number of aromatic nitrogens is 1. The maximum Gasteiger partial charge on any atom is 0.412 e. The van der Waals surface area contributed by atoms with Crippen LogP contribution in [0.25, 0.3) is 22.0 Å². The third-order valence-electron chi connectivity index (χ3n) is 5.03. The van der Waals surface area contributed by atoms with Gasteiger partial charge in [-0.3, -0.25) is 0 Å². The fourth-order valence-electron chi connectivity index (χ4n) is 3.56. The fourth-order valence-corrected chi connectivity index (χ4v) is 3.56. The van der Waals surface area contributed by atoms with E-state index in [4.69, 9.17) is 4.74 Å². The summed E-state index contributed by atoms with van der Waals surface area (Å²) >= 11 is 0. The first-order chi connectivity index (χ1) is 14.9. The molecule has 1 amide bonds. The van der Waals surface area contributed by atoms with Gasteiger partial charge in [0.25, 0.3) is 0 Å². The highest BCUT2D eigenvalue weighted by atomic mass is 19.1. The number of carbonyl (C=O) groups excluding carboxylic acids is 1. The van der Waals surface area contributed by atoms with E-state index in [0.29, 0.717) is 17.6 Å². The lowest BCUT2D eigenvalue weighted by Crippen LogP contribution is -2.28. The monoisotopic (exact) mass is 422 g/mol. The third kappa shape index (κ3) is 4.50. The number of aromatic amines is 1. The first-order valence-corrected chi connectivity index (χ1v) is 9.72. The fraction of sp³-hybridized carbons (Fsp3) is 0.125. The van der Waals surface area contributed by atoms with Crippen molar-refractivity contribution in [2.75, 3.05) is 6.54 Å². The Kier molecular flexibility index (Phi) is 5.58. The summed E-state index contributed by atoms with van der Waals surface area (Å²) in [6.45, 7) is 2.02. The van der Waals surface area contributed by atoms with E-state index in [-0.39, 0.29) is 17.8 Å². The van der Waals surface area contributed by atoms with Crippen molar-refractivity contribution in [2.24, 2.45) is 0 Å². The Morgan fingerprint density at radius 3 is 2.58 bits per heavy atom. The minimum Gasteiger partial charge on any atom is -0.508 e. The second-order valence-electron chi connectivity index (χ2n) is 7.18. The molecule has 0 saturated heterocycles. The number of hydrogen-bond acceptors (Lipinski definition) is 3. The number of benzene rings is 3. The number of H-pyrrole nitrogens is 1. The highest BCUT2D eigenvalue weighted by Gasteiger charge is 2.14. The van der Waals surface area contributed by atoms with E-state index in [1.165, 1.54) is 6.07 Å². The number of hydrogen-bond donors (Lipinski definition) is 3. The normalized spacial score (nSPS) is 10.9. The van der Waals surface area contributed by atoms with E-state index in [1.54, 1.807) is 49.4 Å². The summed E-state index contributed by atoms with van der Waals surface area (Å²) in [5.41, 5.74) is 3.43. The molecule has 3 N–H and O–H groups in total. The highest BCUT2D eigenvalue weighted by molar-refractivity contribution is 5.85. The number of rotatable bonds is 5. The second kappa shape index (κ2) is 8.47. The van der Waals surface area contributed by atoms with Crippen molar-refractivity contribution in [3.05, 3.63) is 83.6 Å². The molecule has 158 valence electrons. The van der Waals surface area contributed by atoms with Crippen molar-refractivity contribution in [3.63, 3.8) is 0 Å². The minimum atomic E-state index is -0.647. The van der Waals surface area contributed by atoms with Crippen LogP contribution in [0.15, 0.2) is 60.7 Å². The van der Waals surface area contributed by atoms with Gasteiger partial charge in [0.2, 0.25) is 0 Å². The number of carbonyl (C=O) groups is 1. The van der Waals surface area contributed by atoms with Crippen molar-refractivity contribution >= 4 is 17.0 Å². The van der Waals surface area contributed by atoms with Crippen molar-refractivity contribution in [3.8, 4) is 22.6 Å². The van der Waals surface area contributed by atoms with Crippen molar-refractivity contribution in [2.45, 2.75) is 13.3 Å². The van der Waals surface area contributed by atoms with Crippen LogP contribution in [0, 0.1) is 18.6 Å². The van der Waals surface area contributed by atoms with Crippen LogP contribution in [0.5, 0.6) is 11.5 Å². The van der Waals surface area contributed by atoms with Gasteiger partial charge in [0.15, 0.2) is 0 Å². The summed E-state index contributed by atoms with van der Waals surface area (Å²) in [6.07, 6.45) is -0.236. The minimum absolute atomic E-state index is 0.174. The van der Waals surface area contributed by atoms with Crippen molar-refractivity contribution in [1.29, 1.82) is 0 Å². The molecule has 4 rings (SSSR count). The van der Waals surface area contributed by atoms with E-state index < -0.39 is 17.7 Å². The maximum absolute atomic E-state index is 13.9. The van der Waals surface area contributed by atoms with Gasteiger partial charge in [0, 0.05) is 23.7 Å². The molecule has 1 aromatic heterocycles. The van der Waals surface area contributed by atoms with E-state index in [9.17, 15) is 18.7 Å². The molecule has 0 spiro atoms. The SMILES string of the molecule is Cc1[nH]c2c(F)cc(F)cc2c1CCNC(=O)Oc1ccc(-c2cccc(O)c2)cc1. The predicted octanol–water partition coefficient (Wildman–Crippen LogP) is 5.46. The number of ether oxygens (including phenoxy) is 1. The Morgan fingerprint density at radius 2 is 1.84 bits per heavy atom. The Balaban J connectivity index is 1.36. The number of aromatic hydroxyl groups is 1. The molecule has 0 saturated carbocycles. The van der Waals surface area contributed by atoms with Gasteiger partial charge >= 0.3 is 6.09 Å². The average molecular weight is 422 g/mol. The molecule has 31 heavy (non-hydrogen) atoms. The van der Waals surface area contributed by atoms with Gasteiger partial charge < -0.3 is 20.1 Å². The molecule has 0 bridgehead atoms. The van der Waals surface area contributed by atoms with Crippen LogP contribution in [0.3, 0.4) is 0 Å². The molecule has 3 aromatic carbocycles. The molecule has 0 atom stereocenters. The predicted molar refractivity (Wildman–Crippen MR) is 114 cm³/mol. The molecule has 7 heteroatoms. The van der Waals surface area contributed by atoms with Gasteiger partial charge in [0.1, 0.15) is 23.1 Å². The largest absolute Gasteiger partial charge is 0.508 e.